The van der Waals surface area contributed by atoms with Gasteiger partial charge in [0.25, 0.3) is 0 Å². The number of hydrogen-bond donors (Lipinski definition) is 3. The van der Waals surface area contributed by atoms with E-state index in [0.29, 0.717) is 19.3 Å². The monoisotopic (exact) mass is 1610 g/mol. The third kappa shape index (κ3) is 44.4. The Morgan fingerprint density at radius 1 is 0.372 bits per heavy atom. The number of rotatable bonds is 56. The Hall–Kier alpha value is -3.00. The van der Waals surface area contributed by atoms with Crippen LogP contribution in [0.15, 0.2) is 0 Å². The fraction of sp³-hybridized carbons (Fsp3) is 0.864. The first-order valence-corrected chi connectivity index (χ1v) is 43.1. The fourth-order valence-electron chi connectivity index (χ4n) is 10.7. The number of unbranched alkanes of at least 4 members (excludes halogenated alkanes) is 42. The van der Waals surface area contributed by atoms with Crippen molar-refractivity contribution in [3.8, 4) is 0 Å². The molecule has 2 saturated heterocycles. The number of nitrogens with one attached hydrogen (secondary N) is 3. The van der Waals surface area contributed by atoms with Crippen LogP contribution < -0.4 is 16.0 Å². The molecule has 3 amide bonds. The van der Waals surface area contributed by atoms with Gasteiger partial charge in [-0.1, -0.05) is 194 Å². The molecule has 0 unspecified atom stereocenters. The van der Waals surface area contributed by atoms with E-state index in [2.05, 4.69) is 36.7 Å². The van der Waals surface area contributed by atoms with Crippen LogP contribution in [0.2, 0.25) is 0 Å². The van der Waals surface area contributed by atoms with Crippen LogP contribution in [0.5, 0.6) is 0 Å². The third-order valence-electron chi connectivity index (χ3n) is 16.0. The van der Waals surface area contributed by atoms with E-state index >= 15 is 0 Å². The van der Waals surface area contributed by atoms with Crippen molar-refractivity contribution in [1.82, 2.24) is 16.0 Å². The van der Waals surface area contributed by atoms with Gasteiger partial charge in [0.2, 0.25) is 0 Å². The first-order chi connectivity index (χ1) is 41.8. The summed E-state index contributed by atoms with van der Waals surface area (Å²) >= 11 is -9.45. The molecule has 0 aromatic rings. The Bertz CT molecular complexity index is 1860. The van der Waals surface area contributed by atoms with Gasteiger partial charge >= 0.3 is 348 Å². The SMILES string of the molecule is CCCCCCCCCCCCCCCCCC(=O)N[C@H]1CC(=O)[O][Bi]([O]C(=O)C[C@H](NC(=O)CCCCCCCCCCCCCCCCC)C(=O)[O][Bi]2[O]C(=O)C[C@@H](NC(=O)CCCCCCCCCCCCCCCCC)C(=O)[O]2)[O]C1=O. The van der Waals surface area contributed by atoms with Crippen molar-refractivity contribution in [1.29, 1.82) is 0 Å². The van der Waals surface area contributed by atoms with Gasteiger partial charge in [-0.2, -0.15) is 0 Å². The molecule has 2 rings (SSSR count). The molecule has 3 atom stereocenters. The van der Waals surface area contributed by atoms with Gasteiger partial charge in [0.05, 0.1) is 0 Å². The molecule has 86 heavy (non-hydrogen) atoms. The predicted octanol–water partition coefficient (Wildman–Crippen LogP) is 14.7. The van der Waals surface area contributed by atoms with Crippen molar-refractivity contribution in [3.63, 3.8) is 0 Å². The predicted molar refractivity (Wildman–Crippen MR) is 336 cm³/mol. The van der Waals surface area contributed by atoms with E-state index in [4.69, 9.17) is 16.9 Å². The van der Waals surface area contributed by atoms with Crippen molar-refractivity contribution >= 4 is 99.7 Å². The van der Waals surface area contributed by atoms with Crippen molar-refractivity contribution < 1.29 is 60.0 Å². The Labute approximate surface area is 538 Å². The Morgan fingerprint density at radius 2 is 0.628 bits per heavy atom. The minimum atomic E-state index is -4.76. The first-order valence-electron chi connectivity index (χ1n) is 34.6. The van der Waals surface area contributed by atoms with Gasteiger partial charge in [-0.15, -0.1) is 0 Å². The normalized spacial score (nSPS) is 16.0. The number of carbonyl (C=O) groups excluding carboxylic acids is 9. The standard InChI is InChI=1S/3C22H41NO5.2Bi/c3*1-2-3-4-5-6-7-8-9-10-11-12-13-14-15-16-17-20(24)23-19(22(27)28)18-21(25)26;;/h3*19H,2-18H2,1H3,(H,23,24)(H,25,26)(H,27,28);;/q;;;2*+3/p-6/t3*19-;;/m100../s1. The zero-order chi connectivity index (χ0) is 62.5. The quantitative estimate of drug-likeness (QED) is 0.0379. The van der Waals surface area contributed by atoms with Crippen LogP contribution in [0.25, 0.3) is 0 Å². The second-order valence-electron chi connectivity index (χ2n) is 24.1. The molecule has 0 aromatic carbocycles. The Kier molecular flexibility index (Phi) is 50.5. The molecule has 2 aliphatic heterocycles. The van der Waals surface area contributed by atoms with Crippen LogP contribution in [0, 0.1) is 0 Å². The summed E-state index contributed by atoms with van der Waals surface area (Å²) in [5.74, 6) is -7.73. The average Bonchev–Trinajstić information content (AvgIpc) is 3.74. The molecule has 0 saturated carbocycles. The van der Waals surface area contributed by atoms with Crippen molar-refractivity contribution in [2.75, 3.05) is 0 Å². The van der Waals surface area contributed by atoms with Gasteiger partial charge in [-0.3, -0.25) is 0 Å². The van der Waals surface area contributed by atoms with Crippen molar-refractivity contribution in [2.45, 2.75) is 366 Å². The molecule has 2 aliphatic rings. The molecule has 18 nitrogen and oxygen atoms in total. The number of amides is 3. The summed E-state index contributed by atoms with van der Waals surface area (Å²) in [5, 5.41) is 7.60. The molecule has 20 heteroatoms. The van der Waals surface area contributed by atoms with Gasteiger partial charge in [0.15, 0.2) is 0 Å². The molecule has 0 spiro atoms. The van der Waals surface area contributed by atoms with E-state index in [1.54, 1.807) is 0 Å². The maximum absolute atomic E-state index is 13.8. The van der Waals surface area contributed by atoms with E-state index < -0.39 is 137 Å². The van der Waals surface area contributed by atoms with Gasteiger partial charge in [0, 0.05) is 0 Å². The third-order valence-corrected chi connectivity index (χ3v) is 24.0. The summed E-state index contributed by atoms with van der Waals surface area (Å²) in [6.45, 7) is 6.71. The zero-order valence-corrected chi connectivity index (χ0v) is 60.8. The van der Waals surface area contributed by atoms with E-state index in [9.17, 15) is 43.2 Å². The molecule has 2 fully saturated rings. The van der Waals surface area contributed by atoms with Crippen LogP contribution in [-0.4, -0.2) is 118 Å². The number of hydrogen-bond acceptors (Lipinski definition) is 15. The van der Waals surface area contributed by atoms with Crippen LogP contribution in [-0.2, 0) is 60.0 Å². The van der Waals surface area contributed by atoms with Gasteiger partial charge in [-0.25, -0.2) is 0 Å². The van der Waals surface area contributed by atoms with E-state index in [1.165, 1.54) is 193 Å². The van der Waals surface area contributed by atoms with E-state index in [0.717, 1.165) is 77.0 Å². The molecule has 3 N–H and O–H groups in total. The first kappa shape index (κ1) is 79.1. The molecular weight excluding hydrogens is 1490 g/mol. The van der Waals surface area contributed by atoms with Crippen LogP contribution >= 0.6 is 0 Å². The second-order valence-corrected chi connectivity index (χ2v) is 31.9. The topological polar surface area (TPSA) is 245 Å². The molecule has 0 aliphatic carbocycles. The van der Waals surface area contributed by atoms with Crippen LogP contribution in [0.3, 0.4) is 0 Å². The summed E-state index contributed by atoms with van der Waals surface area (Å²) in [5.41, 5.74) is 0. The zero-order valence-electron chi connectivity index (χ0n) is 53.8. The summed E-state index contributed by atoms with van der Waals surface area (Å²) in [7, 11) is 0. The van der Waals surface area contributed by atoms with Gasteiger partial charge in [-0.05, 0) is 0 Å². The summed E-state index contributed by atoms with van der Waals surface area (Å²) in [4.78, 5) is 118. The second kappa shape index (κ2) is 54.9. The fourth-order valence-corrected chi connectivity index (χ4v) is 17.6. The van der Waals surface area contributed by atoms with E-state index in [1.807, 2.05) is 0 Å². The molecule has 0 bridgehead atoms. The van der Waals surface area contributed by atoms with Crippen molar-refractivity contribution in [3.05, 3.63) is 0 Å². The number of carbonyl (C=O) groups is 9. The summed E-state index contributed by atoms with van der Waals surface area (Å²) in [6.07, 6.45) is 50.9. The summed E-state index contributed by atoms with van der Waals surface area (Å²) in [6, 6.07) is -4.45. The minimum absolute atomic E-state index is 0.0112. The van der Waals surface area contributed by atoms with Gasteiger partial charge < -0.3 is 0 Å². The molecule has 2 heterocycles. The molecule has 496 valence electrons. The van der Waals surface area contributed by atoms with E-state index in [-0.39, 0.29) is 19.3 Å². The maximum atomic E-state index is 13.8. The van der Waals surface area contributed by atoms with Gasteiger partial charge in [0.1, 0.15) is 0 Å². The molecule has 0 radical (unpaired) electrons. The van der Waals surface area contributed by atoms with Crippen LogP contribution in [0.4, 0.5) is 0 Å². The molecule has 0 aromatic heterocycles. The summed E-state index contributed by atoms with van der Waals surface area (Å²) < 4.78 is 32.1. The van der Waals surface area contributed by atoms with Crippen LogP contribution in [0.1, 0.15) is 348 Å². The van der Waals surface area contributed by atoms with Crippen molar-refractivity contribution in [2.24, 2.45) is 0 Å². The Balaban J connectivity index is 1.87. The molecular formula is C66H117Bi2N3O15. The average molecular weight is 1610 g/mol. The Morgan fingerprint density at radius 3 is 0.919 bits per heavy atom.